The van der Waals surface area contributed by atoms with Gasteiger partial charge in [-0.1, -0.05) is 129 Å². The third-order valence-corrected chi connectivity index (χ3v) is 10.8. The average molecular weight is 594 g/mol. The molecule has 0 bridgehead atoms. The molecule has 0 radical (unpaired) electrons. The quantitative estimate of drug-likeness (QED) is 0.196. The minimum Gasteiger partial charge on any atom is -0.310 e. The average Bonchev–Trinajstić information content (AvgIpc) is 3.57. The van der Waals surface area contributed by atoms with Gasteiger partial charge in [-0.2, -0.15) is 0 Å². The lowest BCUT2D eigenvalue weighted by Crippen LogP contribution is -2.16. The van der Waals surface area contributed by atoms with Crippen molar-refractivity contribution in [3.63, 3.8) is 0 Å². The largest absolute Gasteiger partial charge is 0.310 e. The molecule has 2 heteroatoms. The van der Waals surface area contributed by atoms with Crippen LogP contribution in [0.3, 0.4) is 0 Å². The molecule has 0 fully saturated rings. The van der Waals surface area contributed by atoms with Gasteiger partial charge in [-0.05, 0) is 75.2 Å². The fourth-order valence-corrected chi connectivity index (χ4v) is 8.69. The summed E-state index contributed by atoms with van der Waals surface area (Å²) in [6.45, 7) is 4.75. The zero-order valence-corrected chi connectivity index (χ0v) is 26.1. The molecule has 9 rings (SSSR count). The van der Waals surface area contributed by atoms with E-state index in [-0.39, 0.29) is 5.41 Å². The monoisotopic (exact) mass is 593 g/mol. The van der Waals surface area contributed by atoms with E-state index in [9.17, 15) is 0 Å². The summed E-state index contributed by atoms with van der Waals surface area (Å²) < 4.78 is 2.63. The molecule has 1 heterocycles. The molecule has 0 saturated heterocycles. The van der Waals surface area contributed by atoms with Crippen molar-refractivity contribution in [2.75, 3.05) is 4.90 Å². The summed E-state index contributed by atoms with van der Waals surface area (Å²) in [5.41, 5.74) is 11.4. The second kappa shape index (κ2) is 9.92. The van der Waals surface area contributed by atoms with Gasteiger partial charge in [0, 0.05) is 42.3 Å². The Bertz CT molecular complexity index is 2400. The number of thiophene rings is 1. The van der Waals surface area contributed by atoms with Gasteiger partial charge >= 0.3 is 0 Å². The van der Waals surface area contributed by atoms with E-state index in [0.29, 0.717) is 0 Å². The Labute approximate surface area is 267 Å². The summed E-state index contributed by atoms with van der Waals surface area (Å²) in [5, 5.41) is 5.22. The van der Waals surface area contributed by atoms with Crippen LogP contribution in [-0.2, 0) is 5.41 Å². The number of rotatable bonds is 4. The van der Waals surface area contributed by atoms with Gasteiger partial charge in [-0.3, -0.25) is 0 Å². The fraction of sp³-hybridized carbons (Fsp3) is 0.0698. The Morgan fingerprint density at radius 3 is 2.00 bits per heavy atom. The molecular formula is C43H31NS. The molecule has 1 aromatic heterocycles. The first-order valence-corrected chi connectivity index (χ1v) is 16.4. The Hall–Kier alpha value is -5.18. The molecule has 1 aliphatic rings. The molecule has 214 valence electrons. The SMILES string of the molecule is CC1(C)c2ccccc2-c2ccc3c(N(c4ccc(-c5ccccc5)cc4)c4ccc5c(c4)sc4ccccc45)cccc3c21. The maximum absolute atomic E-state index is 2.45. The second-order valence-electron chi connectivity index (χ2n) is 12.6. The molecule has 0 spiro atoms. The van der Waals surface area contributed by atoms with Gasteiger partial charge in [0.15, 0.2) is 0 Å². The zero-order chi connectivity index (χ0) is 30.1. The van der Waals surface area contributed by atoms with Crippen LogP contribution in [0.4, 0.5) is 17.1 Å². The molecule has 0 atom stereocenters. The number of nitrogens with zero attached hydrogens (tertiary/aromatic N) is 1. The first-order valence-electron chi connectivity index (χ1n) is 15.6. The molecule has 1 nitrogen and oxygen atoms in total. The van der Waals surface area contributed by atoms with Crippen LogP contribution in [0.1, 0.15) is 25.0 Å². The normalized spacial score (nSPS) is 13.3. The molecule has 45 heavy (non-hydrogen) atoms. The van der Waals surface area contributed by atoms with E-state index < -0.39 is 0 Å². The minimum atomic E-state index is -0.0811. The van der Waals surface area contributed by atoms with Crippen molar-refractivity contribution >= 4 is 59.3 Å². The minimum absolute atomic E-state index is 0.0811. The third kappa shape index (κ3) is 3.99. The van der Waals surface area contributed by atoms with Gasteiger partial charge in [0.05, 0.1) is 5.69 Å². The van der Waals surface area contributed by atoms with Crippen LogP contribution in [-0.4, -0.2) is 0 Å². The van der Waals surface area contributed by atoms with Crippen molar-refractivity contribution in [2.24, 2.45) is 0 Å². The predicted octanol–water partition coefficient (Wildman–Crippen LogP) is 12.7. The molecule has 0 N–H and O–H groups in total. The first-order chi connectivity index (χ1) is 22.1. The standard InChI is InChI=1S/C43H31NS/c1-43(2)38-16-8-6-13-32(38)37-26-25-33-36(42(37)43)15-10-17-39(33)44(30-21-19-29(20-22-30)28-11-4-3-5-12-28)31-23-24-35-34-14-7-9-18-40(34)45-41(35)27-31/h3-27H,1-2H3. The van der Waals surface area contributed by atoms with Crippen molar-refractivity contribution in [3.05, 3.63) is 163 Å². The van der Waals surface area contributed by atoms with E-state index >= 15 is 0 Å². The van der Waals surface area contributed by atoms with Crippen molar-refractivity contribution < 1.29 is 0 Å². The number of hydrogen-bond acceptors (Lipinski definition) is 2. The van der Waals surface area contributed by atoms with Crippen molar-refractivity contribution in [1.29, 1.82) is 0 Å². The molecule has 1 aliphatic carbocycles. The number of fused-ring (bicyclic) bond motifs is 8. The van der Waals surface area contributed by atoms with Gasteiger partial charge in [-0.15, -0.1) is 11.3 Å². The lowest BCUT2D eigenvalue weighted by molar-refractivity contribution is 0.666. The van der Waals surface area contributed by atoms with Gasteiger partial charge in [0.1, 0.15) is 0 Å². The second-order valence-corrected chi connectivity index (χ2v) is 13.6. The summed E-state index contributed by atoms with van der Waals surface area (Å²) in [6, 6.07) is 55.8. The van der Waals surface area contributed by atoms with E-state index in [1.807, 2.05) is 11.3 Å². The molecule has 8 aromatic rings. The van der Waals surface area contributed by atoms with E-state index in [2.05, 4.69) is 170 Å². The first kappa shape index (κ1) is 26.2. The van der Waals surface area contributed by atoms with E-state index in [1.54, 1.807) is 0 Å². The number of hydrogen-bond donors (Lipinski definition) is 0. The van der Waals surface area contributed by atoms with Gasteiger partial charge in [0.2, 0.25) is 0 Å². The number of anilines is 3. The highest BCUT2D eigenvalue weighted by Crippen LogP contribution is 2.53. The maximum atomic E-state index is 2.45. The summed E-state index contributed by atoms with van der Waals surface area (Å²) in [7, 11) is 0. The van der Waals surface area contributed by atoms with E-state index in [0.717, 1.165) is 11.4 Å². The van der Waals surface area contributed by atoms with Crippen molar-refractivity contribution in [3.8, 4) is 22.3 Å². The fourth-order valence-electron chi connectivity index (χ4n) is 7.55. The van der Waals surface area contributed by atoms with Gasteiger partial charge in [0.25, 0.3) is 0 Å². The highest BCUT2D eigenvalue weighted by Gasteiger charge is 2.37. The molecule has 0 amide bonds. The highest BCUT2D eigenvalue weighted by molar-refractivity contribution is 7.25. The third-order valence-electron chi connectivity index (χ3n) is 9.65. The number of benzene rings is 7. The lowest BCUT2D eigenvalue weighted by Gasteiger charge is -2.29. The van der Waals surface area contributed by atoms with Crippen LogP contribution in [0.25, 0.3) is 53.2 Å². The Morgan fingerprint density at radius 1 is 0.467 bits per heavy atom. The van der Waals surface area contributed by atoms with Crippen LogP contribution in [0.2, 0.25) is 0 Å². The molecule has 0 unspecified atom stereocenters. The van der Waals surface area contributed by atoms with Crippen LogP contribution < -0.4 is 4.90 Å². The smallest absolute Gasteiger partial charge is 0.0540 e. The molecule has 0 aliphatic heterocycles. The Morgan fingerprint density at radius 2 is 1.13 bits per heavy atom. The van der Waals surface area contributed by atoms with Crippen LogP contribution >= 0.6 is 11.3 Å². The summed E-state index contributed by atoms with van der Waals surface area (Å²) in [5.74, 6) is 0. The van der Waals surface area contributed by atoms with Gasteiger partial charge < -0.3 is 4.90 Å². The summed E-state index contributed by atoms with van der Waals surface area (Å²) in [4.78, 5) is 2.45. The lowest BCUT2D eigenvalue weighted by atomic mass is 9.80. The predicted molar refractivity (Wildman–Crippen MR) is 195 cm³/mol. The maximum Gasteiger partial charge on any atom is 0.0540 e. The zero-order valence-electron chi connectivity index (χ0n) is 25.3. The Kier molecular flexibility index (Phi) is 5.78. The van der Waals surface area contributed by atoms with Crippen LogP contribution in [0.5, 0.6) is 0 Å². The molecule has 0 saturated carbocycles. The molecular weight excluding hydrogens is 563 g/mol. The summed E-state index contributed by atoms with van der Waals surface area (Å²) >= 11 is 1.87. The highest BCUT2D eigenvalue weighted by atomic mass is 32.1. The van der Waals surface area contributed by atoms with Crippen LogP contribution in [0.15, 0.2) is 152 Å². The van der Waals surface area contributed by atoms with Gasteiger partial charge in [-0.25, -0.2) is 0 Å². The van der Waals surface area contributed by atoms with Crippen molar-refractivity contribution in [1.82, 2.24) is 0 Å². The Balaban J connectivity index is 1.27. The van der Waals surface area contributed by atoms with E-state index in [4.69, 9.17) is 0 Å². The van der Waals surface area contributed by atoms with Crippen LogP contribution in [0, 0.1) is 0 Å². The topological polar surface area (TPSA) is 3.24 Å². The summed E-state index contributed by atoms with van der Waals surface area (Å²) in [6.07, 6.45) is 0. The van der Waals surface area contributed by atoms with E-state index in [1.165, 1.54) is 70.0 Å². The molecule has 7 aromatic carbocycles. The van der Waals surface area contributed by atoms with Crippen molar-refractivity contribution in [2.45, 2.75) is 19.3 Å².